The molecule has 5 nitrogen and oxygen atoms in total. The molecule has 2 aromatic rings. The molecule has 2 bridgehead atoms. The molecule has 0 N–H and O–H groups in total. The summed E-state index contributed by atoms with van der Waals surface area (Å²) in [4.78, 5) is 15.5. The average Bonchev–Trinajstić information content (AvgIpc) is 2.80. The van der Waals surface area contributed by atoms with Crippen LogP contribution >= 0.6 is 15.9 Å². The smallest absolute Gasteiger partial charge is 0.197 e. The molecule has 0 radical (unpaired) electrons. The monoisotopic (exact) mass is 497 g/mol. The van der Waals surface area contributed by atoms with Crippen LogP contribution in [0.2, 0.25) is 0 Å². The molecule has 1 aliphatic heterocycles. The zero-order chi connectivity index (χ0) is 22.5. The molecular formula is C26H28BrNO4. The number of allylic oxidation sites excluding steroid dienone is 1. The molecule has 3 atom stereocenters. The predicted molar refractivity (Wildman–Crippen MR) is 126 cm³/mol. The first-order chi connectivity index (χ1) is 15.5. The first-order valence-corrected chi connectivity index (χ1v) is 11.8. The maximum Gasteiger partial charge on any atom is 0.197 e. The number of nitrogens with zero attached hydrogens (tertiary/aromatic N) is 1. The van der Waals surface area contributed by atoms with E-state index in [1.807, 2.05) is 18.2 Å². The Morgan fingerprint density at radius 2 is 1.91 bits per heavy atom. The molecule has 3 aliphatic rings. The largest absolute Gasteiger partial charge is 0.493 e. The van der Waals surface area contributed by atoms with Gasteiger partial charge < -0.3 is 19.1 Å². The number of carbonyl (C=O) groups is 1. The van der Waals surface area contributed by atoms with Crippen molar-refractivity contribution in [3.8, 4) is 11.5 Å². The summed E-state index contributed by atoms with van der Waals surface area (Å²) in [5.41, 5.74) is 3.20. The SMILES string of the molecule is COC1=C[C@@H]2[C@@H]3Cc4ccc(OC)c(OCc5ccc(Br)cc5)c4[C@]2(CCN3C)CC1=O. The second-order valence-electron chi connectivity index (χ2n) is 9.07. The van der Waals surface area contributed by atoms with Crippen LogP contribution in [0, 0.1) is 5.92 Å². The fraction of sp³-hybridized carbons (Fsp3) is 0.423. The molecule has 5 rings (SSSR count). The number of likely N-dealkylation sites (N-methyl/N-ethyl adjacent to an activating group) is 1. The molecule has 0 spiro atoms. The Bertz CT molecular complexity index is 1080. The van der Waals surface area contributed by atoms with Crippen molar-refractivity contribution in [3.05, 3.63) is 69.4 Å². The molecule has 1 heterocycles. The topological polar surface area (TPSA) is 48.0 Å². The van der Waals surface area contributed by atoms with E-state index in [9.17, 15) is 4.79 Å². The minimum absolute atomic E-state index is 0.0709. The summed E-state index contributed by atoms with van der Waals surface area (Å²) in [6.07, 6.45) is 4.33. The van der Waals surface area contributed by atoms with Crippen LogP contribution in [0.5, 0.6) is 11.5 Å². The Hall–Kier alpha value is -2.31. The first-order valence-electron chi connectivity index (χ1n) is 11.0. The minimum atomic E-state index is -0.298. The molecule has 0 amide bonds. The maximum atomic E-state index is 13.1. The lowest BCUT2D eigenvalue weighted by Gasteiger charge is -2.56. The molecule has 2 aromatic carbocycles. The highest BCUT2D eigenvalue weighted by Crippen LogP contribution is 2.58. The van der Waals surface area contributed by atoms with Gasteiger partial charge >= 0.3 is 0 Å². The number of carbonyl (C=O) groups excluding carboxylic acids is 1. The molecule has 168 valence electrons. The second-order valence-corrected chi connectivity index (χ2v) is 9.98. The Labute approximate surface area is 197 Å². The van der Waals surface area contributed by atoms with Crippen LogP contribution in [-0.4, -0.2) is 44.5 Å². The molecule has 1 saturated heterocycles. The van der Waals surface area contributed by atoms with Crippen molar-refractivity contribution in [2.45, 2.75) is 37.3 Å². The number of methoxy groups -OCH3 is 2. The van der Waals surface area contributed by atoms with E-state index in [0.29, 0.717) is 24.8 Å². The summed E-state index contributed by atoms with van der Waals surface area (Å²) < 4.78 is 18.7. The summed E-state index contributed by atoms with van der Waals surface area (Å²) in [5.74, 6) is 2.27. The number of rotatable bonds is 5. The number of hydrogen-bond acceptors (Lipinski definition) is 5. The maximum absolute atomic E-state index is 13.1. The molecular weight excluding hydrogens is 470 g/mol. The van der Waals surface area contributed by atoms with E-state index in [0.717, 1.165) is 46.5 Å². The van der Waals surface area contributed by atoms with Gasteiger partial charge in [-0.1, -0.05) is 34.1 Å². The molecule has 0 saturated carbocycles. The number of piperidine rings is 1. The highest BCUT2D eigenvalue weighted by molar-refractivity contribution is 9.10. The standard InChI is InChI=1S/C26H28BrNO4/c1-28-11-10-26-14-21(29)23(31-3)13-19(26)20(28)12-17-6-9-22(30-2)25(24(17)26)32-15-16-4-7-18(27)8-5-16/h4-9,13,19-20H,10-12,14-15H2,1-3H3/t19-,20+,26-/m1/s1. The van der Waals surface area contributed by atoms with Crippen LogP contribution in [0.4, 0.5) is 0 Å². The van der Waals surface area contributed by atoms with Gasteiger partial charge in [0, 0.05) is 33.8 Å². The summed E-state index contributed by atoms with van der Waals surface area (Å²) in [6.45, 7) is 1.39. The Morgan fingerprint density at radius 3 is 2.62 bits per heavy atom. The van der Waals surface area contributed by atoms with Gasteiger partial charge in [0.15, 0.2) is 23.0 Å². The quantitative estimate of drug-likeness (QED) is 0.601. The van der Waals surface area contributed by atoms with E-state index in [1.165, 1.54) is 5.56 Å². The Morgan fingerprint density at radius 1 is 1.12 bits per heavy atom. The van der Waals surface area contributed by atoms with Crippen molar-refractivity contribution in [1.82, 2.24) is 4.90 Å². The van der Waals surface area contributed by atoms with E-state index in [1.54, 1.807) is 14.2 Å². The van der Waals surface area contributed by atoms with E-state index in [-0.39, 0.29) is 17.1 Å². The van der Waals surface area contributed by atoms with Gasteiger partial charge in [-0.25, -0.2) is 0 Å². The van der Waals surface area contributed by atoms with Crippen molar-refractivity contribution >= 4 is 21.7 Å². The van der Waals surface area contributed by atoms with Crippen LogP contribution < -0.4 is 9.47 Å². The fourth-order valence-corrected chi connectivity index (χ4v) is 6.15. The zero-order valence-electron chi connectivity index (χ0n) is 18.7. The van der Waals surface area contributed by atoms with E-state index < -0.39 is 0 Å². The van der Waals surface area contributed by atoms with E-state index in [4.69, 9.17) is 14.2 Å². The van der Waals surface area contributed by atoms with Gasteiger partial charge in [0.05, 0.1) is 14.2 Å². The molecule has 6 heteroatoms. The van der Waals surface area contributed by atoms with Gasteiger partial charge in [0.25, 0.3) is 0 Å². The average molecular weight is 498 g/mol. The summed E-state index contributed by atoms with van der Waals surface area (Å²) in [5, 5.41) is 0. The summed E-state index contributed by atoms with van der Waals surface area (Å²) in [6, 6.07) is 12.6. The van der Waals surface area contributed by atoms with E-state index in [2.05, 4.69) is 52.2 Å². The normalized spacial score (nSPS) is 26.6. The summed E-state index contributed by atoms with van der Waals surface area (Å²) >= 11 is 3.49. The third-order valence-corrected chi connectivity index (χ3v) is 8.01. The van der Waals surface area contributed by atoms with Crippen molar-refractivity contribution in [2.24, 2.45) is 5.92 Å². The number of benzene rings is 2. The van der Waals surface area contributed by atoms with Crippen molar-refractivity contribution in [1.29, 1.82) is 0 Å². The highest BCUT2D eigenvalue weighted by atomic mass is 79.9. The number of hydrogen-bond donors (Lipinski definition) is 0. The van der Waals surface area contributed by atoms with Gasteiger partial charge in [-0.15, -0.1) is 0 Å². The lowest BCUT2D eigenvalue weighted by molar-refractivity contribution is -0.122. The van der Waals surface area contributed by atoms with Gasteiger partial charge in [-0.2, -0.15) is 0 Å². The molecule has 1 fully saturated rings. The number of ether oxygens (including phenoxy) is 3. The predicted octanol–water partition coefficient (Wildman–Crippen LogP) is 4.65. The molecule has 2 aliphatic carbocycles. The number of Topliss-reactive ketones (excluding diaryl/α,β-unsaturated/α-hetero) is 1. The number of likely N-dealkylation sites (tertiary alicyclic amines) is 1. The number of halogens is 1. The van der Waals surface area contributed by atoms with Crippen molar-refractivity contribution in [3.63, 3.8) is 0 Å². The third kappa shape index (κ3) is 3.35. The minimum Gasteiger partial charge on any atom is -0.493 e. The zero-order valence-corrected chi connectivity index (χ0v) is 20.3. The Balaban J connectivity index is 1.63. The van der Waals surface area contributed by atoms with Gasteiger partial charge in [-0.3, -0.25) is 4.79 Å². The van der Waals surface area contributed by atoms with E-state index >= 15 is 0 Å². The van der Waals surface area contributed by atoms with Crippen LogP contribution in [-0.2, 0) is 28.0 Å². The molecule has 0 aromatic heterocycles. The van der Waals surface area contributed by atoms with Crippen LogP contribution in [0.15, 0.2) is 52.7 Å². The van der Waals surface area contributed by atoms with Gasteiger partial charge in [0.1, 0.15) is 6.61 Å². The lowest BCUT2D eigenvalue weighted by atomic mass is 9.53. The number of fused-ring (bicyclic) bond motifs is 1. The van der Waals surface area contributed by atoms with Crippen LogP contribution in [0.3, 0.4) is 0 Å². The van der Waals surface area contributed by atoms with Crippen molar-refractivity contribution in [2.75, 3.05) is 27.8 Å². The number of ketones is 1. The van der Waals surface area contributed by atoms with Crippen LogP contribution in [0.1, 0.15) is 29.5 Å². The summed E-state index contributed by atoms with van der Waals surface area (Å²) in [7, 11) is 5.46. The van der Waals surface area contributed by atoms with Crippen molar-refractivity contribution < 1.29 is 19.0 Å². The fourth-order valence-electron chi connectivity index (χ4n) is 5.89. The van der Waals surface area contributed by atoms with Crippen LogP contribution in [0.25, 0.3) is 0 Å². The molecule has 0 unspecified atom stereocenters. The second kappa shape index (κ2) is 8.23. The Kier molecular flexibility index (Phi) is 5.54. The third-order valence-electron chi connectivity index (χ3n) is 7.48. The lowest BCUT2D eigenvalue weighted by Crippen LogP contribution is -2.60. The molecule has 32 heavy (non-hydrogen) atoms. The highest BCUT2D eigenvalue weighted by Gasteiger charge is 2.56. The van der Waals surface area contributed by atoms with Gasteiger partial charge in [0.2, 0.25) is 0 Å². The first kappa shape index (κ1) is 21.5. The van der Waals surface area contributed by atoms with Gasteiger partial charge in [-0.05, 0) is 61.8 Å².